The molecule has 0 radical (unpaired) electrons. The SMILES string of the molecule is COC(=O)CCCC=CCC=CCN. The molecule has 0 bridgehead atoms. The van der Waals surface area contributed by atoms with E-state index in [2.05, 4.69) is 16.9 Å². The maximum absolute atomic E-state index is 10.7. The third-order valence-electron chi connectivity index (χ3n) is 1.72. The number of hydrogen-bond donors (Lipinski definition) is 1. The summed E-state index contributed by atoms with van der Waals surface area (Å²) in [7, 11) is 1.41. The summed E-state index contributed by atoms with van der Waals surface area (Å²) < 4.78 is 4.52. The normalized spacial score (nSPS) is 11.3. The van der Waals surface area contributed by atoms with Crippen LogP contribution in [0.3, 0.4) is 0 Å². The molecule has 0 atom stereocenters. The average molecular weight is 197 g/mol. The van der Waals surface area contributed by atoms with Gasteiger partial charge in [0, 0.05) is 13.0 Å². The molecular formula is C11H19NO2. The minimum Gasteiger partial charge on any atom is -0.469 e. The lowest BCUT2D eigenvalue weighted by molar-refractivity contribution is -0.140. The Kier molecular flexibility index (Phi) is 9.22. The van der Waals surface area contributed by atoms with Gasteiger partial charge in [0.1, 0.15) is 0 Å². The van der Waals surface area contributed by atoms with E-state index in [-0.39, 0.29) is 5.97 Å². The molecule has 0 rings (SSSR count). The highest BCUT2D eigenvalue weighted by atomic mass is 16.5. The van der Waals surface area contributed by atoms with Crippen molar-refractivity contribution in [2.24, 2.45) is 5.73 Å². The van der Waals surface area contributed by atoms with E-state index in [9.17, 15) is 4.79 Å². The first-order chi connectivity index (χ1) is 6.81. The number of rotatable bonds is 7. The molecule has 0 aromatic carbocycles. The van der Waals surface area contributed by atoms with Crippen LogP contribution in [0.25, 0.3) is 0 Å². The fourth-order valence-corrected chi connectivity index (χ4v) is 0.951. The number of unbranched alkanes of at least 4 members (excludes halogenated alkanes) is 1. The minimum atomic E-state index is -0.138. The zero-order valence-corrected chi connectivity index (χ0v) is 8.74. The predicted octanol–water partition coefficient (Wildman–Crippen LogP) is 1.79. The molecule has 0 unspecified atom stereocenters. The van der Waals surface area contributed by atoms with Gasteiger partial charge in [0.2, 0.25) is 0 Å². The van der Waals surface area contributed by atoms with Gasteiger partial charge in [-0.1, -0.05) is 24.3 Å². The highest BCUT2D eigenvalue weighted by Crippen LogP contribution is 1.99. The second-order valence-electron chi connectivity index (χ2n) is 2.88. The van der Waals surface area contributed by atoms with Crippen LogP contribution in [0.4, 0.5) is 0 Å². The summed E-state index contributed by atoms with van der Waals surface area (Å²) in [5, 5.41) is 0. The summed E-state index contributed by atoms with van der Waals surface area (Å²) in [5.41, 5.74) is 5.28. The highest BCUT2D eigenvalue weighted by Gasteiger charge is 1.96. The van der Waals surface area contributed by atoms with Crippen molar-refractivity contribution in [2.45, 2.75) is 25.7 Å². The largest absolute Gasteiger partial charge is 0.469 e. The van der Waals surface area contributed by atoms with E-state index in [1.807, 2.05) is 12.2 Å². The van der Waals surface area contributed by atoms with Crippen molar-refractivity contribution in [3.63, 3.8) is 0 Å². The van der Waals surface area contributed by atoms with Gasteiger partial charge in [-0.25, -0.2) is 0 Å². The third kappa shape index (κ3) is 9.00. The Morgan fingerprint density at radius 1 is 1.29 bits per heavy atom. The van der Waals surface area contributed by atoms with Crippen molar-refractivity contribution in [3.05, 3.63) is 24.3 Å². The summed E-state index contributed by atoms with van der Waals surface area (Å²) in [6.07, 6.45) is 11.3. The monoisotopic (exact) mass is 197 g/mol. The lowest BCUT2D eigenvalue weighted by atomic mass is 10.2. The molecule has 2 N–H and O–H groups in total. The third-order valence-corrected chi connectivity index (χ3v) is 1.72. The van der Waals surface area contributed by atoms with Crippen LogP contribution in [0, 0.1) is 0 Å². The minimum absolute atomic E-state index is 0.138. The Hall–Kier alpha value is -1.09. The molecule has 0 amide bonds. The first kappa shape index (κ1) is 12.9. The van der Waals surface area contributed by atoms with E-state index in [4.69, 9.17) is 5.73 Å². The van der Waals surface area contributed by atoms with Crippen molar-refractivity contribution in [1.82, 2.24) is 0 Å². The Bertz CT molecular complexity index is 197. The fourth-order valence-electron chi connectivity index (χ4n) is 0.951. The van der Waals surface area contributed by atoms with Gasteiger partial charge in [-0.05, 0) is 19.3 Å². The predicted molar refractivity (Wildman–Crippen MR) is 57.8 cm³/mol. The van der Waals surface area contributed by atoms with Gasteiger partial charge in [-0.3, -0.25) is 4.79 Å². The van der Waals surface area contributed by atoms with Crippen LogP contribution in [0.15, 0.2) is 24.3 Å². The van der Waals surface area contributed by atoms with E-state index in [1.165, 1.54) is 7.11 Å². The molecule has 0 aliphatic heterocycles. The molecular weight excluding hydrogens is 178 g/mol. The van der Waals surface area contributed by atoms with Crippen LogP contribution in [0.1, 0.15) is 25.7 Å². The van der Waals surface area contributed by atoms with Gasteiger partial charge in [0.15, 0.2) is 0 Å². The molecule has 0 saturated carbocycles. The van der Waals surface area contributed by atoms with Crippen molar-refractivity contribution in [1.29, 1.82) is 0 Å². The summed E-state index contributed by atoms with van der Waals surface area (Å²) in [6, 6.07) is 0. The van der Waals surface area contributed by atoms with Crippen LogP contribution in [0.2, 0.25) is 0 Å². The van der Waals surface area contributed by atoms with E-state index in [1.54, 1.807) is 0 Å². The van der Waals surface area contributed by atoms with Gasteiger partial charge in [-0.2, -0.15) is 0 Å². The number of esters is 1. The number of carbonyl (C=O) groups excluding carboxylic acids is 1. The number of carbonyl (C=O) groups is 1. The number of nitrogens with two attached hydrogens (primary N) is 1. The summed E-state index contributed by atoms with van der Waals surface area (Å²) in [6.45, 7) is 0.593. The molecule has 0 aliphatic carbocycles. The number of allylic oxidation sites excluding steroid dienone is 3. The van der Waals surface area contributed by atoms with Crippen molar-refractivity contribution >= 4 is 5.97 Å². The standard InChI is InChI=1S/C11H19NO2/c1-14-11(13)9-7-5-3-2-4-6-8-10-12/h2-3,6,8H,4-5,7,9-10,12H2,1H3. The van der Waals surface area contributed by atoms with E-state index in [0.717, 1.165) is 19.3 Å². The maximum atomic E-state index is 10.7. The smallest absolute Gasteiger partial charge is 0.305 e. The molecule has 0 aromatic heterocycles. The van der Waals surface area contributed by atoms with Gasteiger partial charge in [0.05, 0.1) is 7.11 Å². The van der Waals surface area contributed by atoms with Crippen molar-refractivity contribution in [3.8, 4) is 0 Å². The summed E-state index contributed by atoms with van der Waals surface area (Å²) >= 11 is 0. The van der Waals surface area contributed by atoms with Gasteiger partial charge in [-0.15, -0.1) is 0 Å². The molecule has 0 heterocycles. The second kappa shape index (κ2) is 9.99. The molecule has 80 valence electrons. The van der Waals surface area contributed by atoms with E-state index >= 15 is 0 Å². The Morgan fingerprint density at radius 2 is 2.00 bits per heavy atom. The Labute approximate surface area is 85.6 Å². The maximum Gasteiger partial charge on any atom is 0.305 e. The molecule has 3 heteroatoms. The van der Waals surface area contributed by atoms with Crippen molar-refractivity contribution < 1.29 is 9.53 Å². The number of hydrogen-bond acceptors (Lipinski definition) is 3. The van der Waals surface area contributed by atoms with Crippen LogP contribution in [-0.4, -0.2) is 19.6 Å². The second-order valence-corrected chi connectivity index (χ2v) is 2.88. The van der Waals surface area contributed by atoms with E-state index in [0.29, 0.717) is 13.0 Å². The topological polar surface area (TPSA) is 52.3 Å². The molecule has 0 fully saturated rings. The van der Waals surface area contributed by atoms with Crippen LogP contribution >= 0.6 is 0 Å². The van der Waals surface area contributed by atoms with Gasteiger partial charge < -0.3 is 10.5 Å². The van der Waals surface area contributed by atoms with Crippen LogP contribution < -0.4 is 5.73 Å². The molecule has 0 spiro atoms. The van der Waals surface area contributed by atoms with Crippen molar-refractivity contribution in [2.75, 3.05) is 13.7 Å². The first-order valence-corrected chi connectivity index (χ1v) is 4.88. The lowest BCUT2D eigenvalue weighted by Gasteiger charge is -1.95. The quantitative estimate of drug-likeness (QED) is 0.384. The van der Waals surface area contributed by atoms with Crippen LogP contribution in [-0.2, 0) is 9.53 Å². The highest BCUT2D eigenvalue weighted by molar-refractivity contribution is 5.68. The zero-order chi connectivity index (χ0) is 10.6. The summed E-state index contributed by atoms with van der Waals surface area (Å²) in [4.78, 5) is 10.7. The van der Waals surface area contributed by atoms with Crippen LogP contribution in [0.5, 0.6) is 0 Å². The number of ether oxygens (including phenoxy) is 1. The summed E-state index contributed by atoms with van der Waals surface area (Å²) in [5.74, 6) is -0.138. The van der Waals surface area contributed by atoms with Gasteiger partial charge in [0.25, 0.3) is 0 Å². The average Bonchev–Trinajstić information content (AvgIpc) is 2.21. The molecule has 14 heavy (non-hydrogen) atoms. The zero-order valence-electron chi connectivity index (χ0n) is 8.74. The fraction of sp³-hybridized carbons (Fsp3) is 0.545. The number of methoxy groups -OCH3 is 1. The Balaban J connectivity index is 3.27. The molecule has 0 saturated heterocycles. The molecule has 0 aliphatic rings. The molecule has 3 nitrogen and oxygen atoms in total. The Morgan fingerprint density at radius 3 is 2.64 bits per heavy atom. The molecule has 0 aromatic rings. The van der Waals surface area contributed by atoms with E-state index < -0.39 is 0 Å². The lowest BCUT2D eigenvalue weighted by Crippen LogP contribution is -1.98. The van der Waals surface area contributed by atoms with Gasteiger partial charge >= 0.3 is 5.97 Å². The first-order valence-electron chi connectivity index (χ1n) is 4.88.